The second-order valence-corrected chi connectivity index (χ2v) is 4.25. The van der Waals surface area contributed by atoms with E-state index in [-0.39, 0.29) is 1.43 Å². The molecule has 0 spiro atoms. The van der Waals surface area contributed by atoms with Crippen LogP contribution in [0.5, 0.6) is 0 Å². The normalized spacial score (nSPS) is 11.6. The lowest BCUT2D eigenvalue weighted by molar-refractivity contribution is 0.462. The van der Waals surface area contributed by atoms with Crippen LogP contribution in [0, 0.1) is 12.8 Å². The van der Waals surface area contributed by atoms with E-state index in [1.165, 1.54) is 36.8 Å². The van der Waals surface area contributed by atoms with Gasteiger partial charge in [0, 0.05) is 1.43 Å². The first-order valence-electron chi connectivity index (χ1n) is 6.81. The lowest BCUT2D eigenvalue weighted by Crippen LogP contribution is -2.02. The van der Waals surface area contributed by atoms with E-state index in [1.54, 1.807) is 0 Å². The maximum atomic E-state index is 2.30. The van der Waals surface area contributed by atoms with Gasteiger partial charge in [-0.05, 0) is 24.8 Å². The Bertz CT molecular complexity index is 251. The Balaban J connectivity index is 0. The van der Waals surface area contributed by atoms with Crippen molar-refractivity contribution in [1.29, 1.82) is 0 Å². The summed E-state index contributed by atoms with van der Waals surface area (Å²) in [5.41, 5.74) is 2.85. The minimum atomic E-state index is 0. The van der Waals surface area contributed by atoms with Crippen LogP contribution in [0.1, 0.15) is 59.5 Å². The number of hydrogen-bond donors (Lipinski definition) is 0. The molecule has 1 atom stereocenters. The highest BCUT2D eigenvalue weighted by atomic mass is 14.1. The topological polar surface area (TPSA) is 0 Å². The van der Waals surface area contributed by atoms with Crippen LogP contribution in [-0.4, -0.2) is 0 Å². The zero-order chi connectivity index (χ0) is 12.4. The van der Waals surface area contributed by atoms with Crippen molar-refractivity contribution >= 4 is 0 Å². The van der Waals surface area contributed by atoms with Crippen LogP contribution in [0.2, 0.25) is 0 Å². The highest BCUT2D eigenvalue weighted by molar-refractivity contribution is 5.21. The maximum absolute atomic E-state index is 2.30. The van der Waals surface area contributed by atoms with Crippen molar-refractivity contribution in [1.82, 2.24) is 0 Å². The van der Waals surface area contributed by atoms with Crippen molar-refractivity contribution < 1.29 is 1.43 Å². The van der Waals surface area contributed by atoms with E-state index < -0.39 is 0 Å². The molecule has 0 saturated carbocycles. The third-order valence-electron chi connectivity index (χ3n) is 2.92. The largest absolute Gasteiger partial charge is 0.0683 e. The molecular weight excluding hydrogens is 192 g/mol. The van der Waals surface area contributed by atoms with Crippen LogP contribution in [0.3, 0.4) is 0 Å². The van der Waals surface area contributed by atoms with Crippen LogP contribution in [-0.2, 0) is 6.42 Å². The van der Waals surface area contributed by atoms with Gasteiger partial charge in [0.15, 0.2) is 0 Å². The summed E-state index contributed by atoms with van der Waals surface area (Å²) in [5.74, 6) is 0.878. The van der Waals surface area contributed by atoms with E-state index in [1.807, 2.05) is 13.8 Å². The molecule has 94 valence electrons. The number of benzene rings is 1. The van der Waals surface area contributed by atoms with Crippen LogP contribution >= 0.6 is 0 Å². The van der Waals surface area contributed by atoms with Gasteiger partial charge in [0.05, 0.1) is 0 Å². The van der Waals surface area contributed by atoms with Gasteiger partial charge in [-0.25, -0.2) is 0 Å². The molecule has 0 heterocycles. The lowest BCUT2D eigenvalue weighted by atomic mass is 9.92. The van der Waals surface area contributed by atoms with E-state index in [0.717, 1.165) is 5.92 Å². The summed E-state index contributed by atoms with van der Waals surface area (Å²) in [6.45, 7) is 10.7. The third kappa shape index (κ3) is 5.95. The minimum absolute atomic E-state index is 0. The summed E-state index contributed by atoms with van der Waals surface area (Å²) in [7, 11) is 0. The quantitative estimate of drug-likeness (QED) is 0.605. The second kappa shape index (κ2) is 9.45. The Kier molecular flexibility index (Phi) is 8.99. The molecule has 1 rings (SSSR count). The van der Waals surface area contributed by atoms with Gasteiger partial charge in [0.2, 0.25) is 0 Å². The van der Waals surface area contributed by atoms with Gasteiger partial charge in [0.1, 0.15) is 0 Å². The summed E-state index contributed by atoms with van der Waals surface area (Å²) in [4.78, 5) is 0. The van der Waals surface area contributed by atoms with Gasteiger partial charge in [-0.15, -0.1) is 0 Å². The van der Waals surface area contributed by atoms with E-state index in [2.05, 4.69) is 45.0 Å². The summed E-state index contributed by atoms with van der Waals surface area (Å²) in [6.07, 6.45) is 5.24. The average molecular weight is 222 g/mol. The fourth-order valence-corrected chi connectivity index (χ4v) is 1.92. The molecular formula is C16H30. The molecule has 16 heavy (non-hydrogen) atoms. The molecule has 0 aliphatic heterocycles. The molecule has 0 fully saturated rings. The van der Waals surface area contributed by atoms with Gasteiger partial charge in [0.25, 0.3) is 0 Å². The Morgan fingerprint density at radius 3 is 2.06 bits per heavy atom. The predicted molar refractivity (Wildman–Crippen MR) is 77.0 cm³/mol. The fraction of sp³-hybridized carbons (Fsp3) is 0.625. The van der Waals surface area contributed by atoms with E-state index in [4.69, 9.17) is 0 Å². The molecule has 1 unspecified atom stereocenters. The van der Waals surface area contributed by atoms with E-state index >= 15 is 0 Å². The molecule has 1 aromatic carbocycles. The Morgan fingerprint density at radius 2 is 1.62 bits per heavy atom. The Morgan fingerprint density at radius 1 is 1.06 bits per heavy atom. The number of rotatable bonds is 5. The van der Waals surface area contributed by atoms with Crippen LogP contribution in [0.25, 0.3) is 0 Å². The highest BCUT2D eigenvalue weighted by Crippen LogP contribution is 2.17. The average Bonchev–Trinajstić information content (AvgIpc) is 2.34. The SMILES string of the molecule is CC.CCCC(CC)Cc1ccc(C)cc1.[HH]. The first-order chi connectivity index (χ1) is 7.76. The monoisotopic (exact) mass is 222 g/mol. The van der Waals surface area contributed by atoms with Crippen LogP contribution < -0.4 is 0 Å². The Labute approximate surface area is 104 Å². The summed E-state index contributed by atoms with van der Waals surface area (Å²) in [6, 6.07) is 8.98. The zero-order valence-electron chi connectivity index (χ0n) is 11.7. The first-order valence-corrected chi connectivity index (χ1v) is 6.81. The fourth-order valence-electron chi connectivity index (χ4n) is 1.92. The minimum Gasteiger partial charge on any atom is -0.0683 e. The molecule has 0 aliphatic carbocycles. The highest BCUT2D eigenvalue weighted by Gasteiger charge is 2.05. The first kappa shape index (κ1) is 15.2. The molecule has 1 aromatic rings. The van der Waals surface area contributed by atoms with E-state index in [0.29, 0.717) is 0 Å². The smallest absolute Gasteiger partial charge is 0 e. The van der Waals surface area contributed by atoms with Crippen molar-refractivity contribution in [3.63, 3.8) is 0 Å². The number of hydrogen-bond acceptors (Lipinski definition) is 0. The van der Waals surface area contributed by atoms with Crippen LogP contribution in [0.4, 0.5) is 0 Å². The van der Waals surface area contributed by atoms with Gasteiger partial charge < -0.3 is 0 Å². The molecule has 0 aromatic heterocycles. The maximum Gasteiger partial charge on any atom is 0 e. The van der Waals surface area contributed by atoms with Gasteiger partial charge in [-0.2, -0.15) is 0 Å². The summed E-state index contributed by atoms with van der Waals surface area (Å²) in [5, 5.41) is 0. The molecule has 0 nitrogen and oxygen atoms in total. The Hall–Kier alpha value is -0.780. The second-order valence-electron chi connectivity index (χ2n) is 4.25. The third-order valence-corrected chi connectivity index (χ3v) is 2.92. The van der Waals surface area contributed by atoms with Crippen molar-refractivity contribution in [2.75, 3.05) is 0 Å². The summed E-state index contributed by atoms with van der Waals surface area (Å²) >= 11 is 0. The molecule has 0 aliphatic rings. The van der Waals surface area contributed by atoms with Gasteiger partial charge in [-0.3, -0.25) is 0 Å². The molecule has 0 amide bonds. The van der Waals surface area contributed by atoms with Crippen molar-refractivity contribution in [3.8, 4) is 0 Å². The van der Waals surface area contributed by atoms with Gasteiger partial charge in [-0.1, -0.05) is 76.8 Å². The summed E-state index contributed by atoms with van der Waals surface area (Å²) < 4.78 is 0. The van der Waals surface area contributed by atoms with Crippen molar-refractivity contribution in [2.24, 2.45) is 5.92 Å². The molecule has 0 N–H and O–H groups in total. The number of aryl methyl sites for hydroxylation is 1. The molecule has 0 saturated heterocycles. The van der Waals surface area contributed by atoms with Gasteiger partial charge >= 0.3 is 0 Å². The van der Waals surface area contributed by atoms with Crippen LogP contribution in [0.15, 0.2) is 24.3 Å². The van der Waals surface area contributed by atoms with Crippen molar-refractivity contribution in [2.45, 2.75) is 60.3 Å². The molecule has 0 heteroatoms. The lowest BCUT2D eigenvalue weighted by Gasteiger charge is -2.13. The van der Waals surface area contributed by atoms with E-state index in [9.17, 15) is 0 Å². The molecule has 0 bridgehead atoms. The van der Waals surface area contributed by atoms with Crippen molar-refractivity contribution in [3.05, 3.63) is 35.4 Å². The molecule has 0 radical (unpaired) electrons. The zero-order valence-corrected chi connectivity index (χ0v) is 11.7. The predicted octanol–water partition coefficient (Wildman–Crippen LogP) is 5.64. The standard InChI is InChI=1S/C14H22.C2H6.H2/c1-4-6-13(5-2)11-14-9-7-12(3)8-10-14;1-2;/h7-10,13H,4-6,11H2,1-3H3;1-2H3;1H.